The number of ether oxygens (including phenoxy) is 1. The third-order valence-corrected chi connectivity index (χ3v) is 2.75. The summed E-state index contributed by atoms with van der Waals surface area (Å²) in [4.78, 5) is 8.18. The maximum Gasteiger partial charge on any atom is 0.158 e. The number of hydrogen-bond acceptors (Lipinski definition) is 5. The van der Waals surface area contributed by atoms with Gasteiger partial charge in [-0.25, -0.2) is 14.4 Å². The van der Waals surface area contributed by atoms with Crippen LogP contribution in [0, 0.1) is 5.82 Å². The van der Waals surface area contributed by atoms with Crippen LogP contribution in [0.3, 0.4) is 0 Å². The molecule has 5 nitrogen and oxygen atoms in total. The fourth-order valence-corrected chi connectivity index (χ4v) is 1.84. The molecule has 0 aliphatic rings. The third-order valence-electron chi connectivity index (χ3n) is 2.26. The molecule has 0 bridgehead atoms. The Morgan fingerprint density at radius 2 is 2.16 bits per heavy atom. The summed E-state index contributed by atoms with van der Waals surface area (Å²) in [5.74, 6) is 0.755. The van der Waals surface area contributed by atoms with Crippen molar-refractivity contribution in [2.45, 2.75) is 6.61 Å². The van der Waals surface area contributed by atoms with Crippen LogP contribution < -0.4 is 11.1 Å². The molecule has 0 aliphatic carbocycles. The molecular weight excluding hydrogens is 315 g/mol. The van der Waals surface area contributed by atoms with Crippen LogP contribution >= 0.6 is 15.9 Å². The zero-order valence-corrected chi connectivity index (χ0v) is 11.7. The number of hydrogen-bond donors (Lipinski definition) is 2. The maximum absolute atomic E-state index is 13.7. The molecule has 19 heavy (non-hydrogen) atoms. The minimum atomic E-state index is -0.389. The predicted molar refractivity (Wildman–Crippen MR) is 74.5 cm³/mol. The fourth-order valence-electron chi connectivity index (χ4n) is 1.50. The normalized spacial score (nSPS) is 10.5. The van der Waals surface area contributed by atoms with Gasteiger partial charge in [0.25, 0.3) is 0 Å². The molecule has 3 N–H and O–H groups in total. The number of methoxy groups -OCH3 is 1. The fraction of sp³-hybridized carbons (Fsp3) is 0.167. The van der Waals surface area contributed by atoms with Crippen molar-refractivity contribution in [1.82, 2.24) is 9.97 Å². The van der Waals surface area contributed by atoms with Crippen LogP contribution in [-0.4, -0.2) is 17.1 Å². The third kappa shape index (κ3) is 3.62. The summed E-state index contributed by atoms with van der Waals surface area (Å²) in [5.41, 5.74) is 5.97. The van der Waals surface area contributed by atoms with Gasteiger partial charge in [-0.2, -0.15) is 0 Å². The van der Waals surface area contributed by atoms with Gasteiger partial charge in [-0.3, -0.25) is 0 Å². The zero-order chi connectivity index (χ0) is 13.8. The second-order valence-corrected chi connectivity index (χ2v) is 4.69. The Hall–Kier alpha value is -1.73. The highest BCUT2D eigenvalue weighted by molar-refractivity contribution is 9.10. The van der Waals surface area contributed by atoms with Crippen LogP contribution in [0.25, 0.3) is 0 Å². The van der Waals surface area contributed by atoms with Gasteiger partial charge in [-0.05, 0) is 18.2 Å². The maximum atomic E-state index is 13.7. The van der Waals surface area contributed by atoms with Gasteiger partial charge in [0.05, 0.1) is 5.69 Å². The molecule has 100 valence electrons. The van der Waals surface area contributed by atoms with E-state index in [1.54, 1.807) is 12.1 Å². The van der Waals surface area contributed by atoms with Crippen molar-refractivity contribution in [1.29, 1.82) is 0 Å². The van der Waals surface area contributed by atoms with Gasteiger partial charge in [0.15, 0.2) is 5.82 Å². The molecule has 2 aromatic rings. The van der Waals surface area contributed by atoms with Crippen molar-refractivity contribution >= 4 is 33.3 Å². The molecule has 2 rings (SSSR count). The number of aromatic nitrogens is 2. The number of nitrogens with zero attached hydrogens (tertiary/aromatic N) is 2. The molecule has 0 aliphatic heterocycles. The van der Waals surface area contributed by atoms with Gasteiger partial charge in [0.2, 0.25) is 0 Å². The first-order chi connectivity index (χ1) is 9.08. The van der Waals surface area contributed by atoms with E-state index in [-0.39, 0.29) is 12.4 Å². The molecule has 1 heterocycles. The SMILES string of the molecule is COCc1nc(N)cc(Nc2ccc(Br)cc2F)n1. The number of rotatable bonds is 4. The second-order valence-electron chi connectivity index (χ2n) is 3.78. The van der Waals surface area contributed by atoms with Gasteiger partial charge in [-0.15, -0.1) is 0 Å². The first-order valence-electron chi connectivity index (χ1n) is 5.43. The van der Waals surface area contributed by atoms with E-state index in [2.05, 4.69) is 31.2 Å². The number of nitrogen functional groups attached to an aromatic ring is 1. The smallest absolute Gasteiger partial charge is 0.158 e. The standard InChI is InChI=1S/C12H12BrFN4O/c1-19-6-12-17-10(15)5-11(18-12)16-9-3-2-7(13)4-8(9)14/h2-5H,6H2,1H3,(H3,15,16,17,18). The molecule has 0 fully saturated rings. The van der Waals surface area contributed by atoms with Gasteiger partial charge < -0.3 is 15.8 Å². The summed E-state index contributed by atoms with van der Waals surface area (Å²) in [7, 11) is 1.54. The molecule has 0 radical (unpaired) electrons. The summed E-state index contributed by atoms with van der Waals surface area (Å²) in [6.07, 6.45) is 0. The number of anilines is 3. The monoisotopic (exact) mass is 326 g/mol. The minimum Gasteiger partial charge on any atom is -0.384 e. The quantitative estimate of drug-likeness (QED) is 0.903. The molecule has 1 aromatic heterocycles. The lowest BCUT2D eigenvalue weighted by Gasteiger charge is -2.09. The average molecular weight is 327 g/mol. The zero-order valence-electron chi connectivity index (χ0n) is 10.2. The largest absolute Gasteiger partial charge is 0.384 e. The Kier molecular flexibility index (Phi) is 4.28. The molecular formula is C12H12BrFN4O. The Morgan fingerprint density at radius 1 is 1.37 bits per heavy atom. The molecule has 0 saturated carbocycles. The molecule has 0 amide bonds. The lowest BCUT2D eigenvalue weighted by molar-refractivity contribution is 0.178. The van der Waals surface area contributed by atoms with Crippen LogP contribution in [-0.2, 0) is 11.3 Å². The number of halogens is 2. The second kappa shape index (κ2) is 5.94. The summed E-state index contributed by atoms with van der Waals surface area (Å²) >= 11 is 3.20. The van der Waals surface area contributed by atoms with Crippen molar-refractivity contribution in [3.05, 3.63) is 40.4 Å². The highest BCUT2D eigenvalue weighted by atomic mass is 79.9. The Balaban J connectivity index is 2.27. The van der Waals surface area contributed by atoms with Gasteiger partial charge in [0, 0.05) is 17.6 Å². The van der Waals surface area contributed by atoms with Crippen molar-refractivity contribution in [2.75, 3.05) is 18.2 Å². The molecule has 1 aromatic carbocycles. The van der Waals surface area contributed by atoms with Crippen LogP contribution in [0.4, 0.5) is 21.7 Å². The highest BCUT2D eigenvalue weighted by Crippen LogP contribution is 2.23. The van der Waals surface area contributed by atoms with Gasteiger partial charge >= 0.3 is 0 Å². The van der Waals surface area contributed by atoms with Crippen molar-refractivity contribution in [2.24, 2.45) is 0 Å². The molecule has 0 unspecified atom stereocenters. The van der Waals surface area contributed by atoms with Gasteiger partial charge in [-0.1, -0.05) is 15.9 Å². The Labute approximate surface area is 118 Å². The van der Waals surface area contributed by atoms with Crippen molar-refractivity contribution < 1.29 is 9.13 Å². The number of benzene rings is 1. The van der Waals surface area contributed by atoms with E-state index in [4.69, 9.17) is 10.5 Å². The summed E-state index contributed by atoms with van der Waals surface area (Å²) in [6.45, 7) is 0.239. The van der Waals surface area contributed by atoms with E-state index in [1.165, 1.54) is 19.2 Å². The van der Waals surface area contributed by atoms with E-state index in [9.17, 15) is 4.39 Å². The molecule has 7 heteroatoms. The number of nitrogens with one attached hydrogen (secondary N) is 1. The van der Waals surface area contributed by atoms with Crippen molar-refractivity contribution in [3.8, 4) is 0 Å². The molecule has 0 atom stereocenters. The summed E-state index contributed by atoms with van der Waals surface area (Å²) in [6, 6.07) is 6.23. The summed E-state index contributed by atoms with van der Waals surface area (Å²) in [5, 5.41) is 2.86. The first kappa shape index (κ1) is 13.7. The van der Waals surface area contributed by atoms with Crippen molar-refractivity contribution in [3.63, 3.8) is 0 Å². The predicted octanol–water partition coefficient (Wildman–Crippen LogP) is 2.85. The Bertz CT molecular complexity index is 594. The molecule has 0 saturated heterocycles. The minimum absolute atomic E-state index is 0.239. The van der Waals surface area contributed by atoms with Crippen LogP contribution in [0.5, 0.6) is 0 Å². The average Bonchev–Trinajstić information content (AvgIpc) is 2.32. The lowest BCUT2D eigenvalue weighted by Crippen LogP contribution is -2.05. The van der Waals surface area contributed by atoms with E-state index in [0.717, 1.165) is 0 Å². The van der Waals surface area contributed by atoms with E-state index >= 15 is 0 Å². The highest BCUT2D eigenvalue weighted by Gasteiger charge is 2.06. The van der Waals surface area contributed by atoms with Crippen LogP contribution in [0.2, 0.25) is 0 Å². The topological polar surface area (TPSA) is 73.1 Å². The first-order valence-corrected chi connectivity index (χ1v) is 6.22. The van der Waals surface area contributed by atoms with Gasteiger partial charge in [0.1, 0.15) is 24.1 Å². The number of nitrogens with two attached hydrogens (primary N) is 1. The Morgan fingerprint density at radius 3 is 2.84 bits per heavy atom. The van der Waals surface area contributed by atoms with E-state index < -0.39 is 0 Å². The summed E-state index contributed by atoms with van der Waals surface area (Å²) < 4.78 is 19.3. The van der Waals surface area contributed by atoms with E-state index in [0.29, 0.717) is 27.6 Å². The van der Waals surface area contributed by atoms with E-state index in [1.807, 2.05) is 0 Å². The molecule has 0 spiro atoms. The lowest BCUT2D eigenvalue weighted by atomic mass is 10.3. The van der Waals surface area contributed by atoms with Crippen LogP contribution in [0.15, 0.2) is 28.7 Å². The van der Waals surface area contributed by atoms with Crippen LogP contribution in [0.1, 0.15) is 5.82 Å².